The highest BCUT2D eigenvalue weighted by atomic mass is 127. The summed E-state index contributed by atoms with van der Waals surface area (Å²) in [5.74, 6) is 1.82. The molecular weight excluding hydrogens is 539 g/mol. The van der Waals surface area contributed by atoms with Gasteiger partial charge in [-0.2, -0.15) is 0 Å². The Morgan fingerprint density at radius 1 is 1.03 bits per heavy atom. The molecule has 0 amide bonds. The van der Waals surface area contributed by atoms with Crippen LogP contribution >= 0.6 is 24.0 Å². The molecule has 0 radical (unpaired) electrons. The number of hydrogen-bond donors (Lipinski definition) is 1. The Balaban J connectivity index is 0.00000363. The molecule has 2 aromatic carbocycles. The van der Waals surface area contributed by atoms with Gasteiger partial charge in [0.15, 0.2) is 15.8 Å². The first kappa shape index (κ1) is 26.2. The van der Waals surface area contributed by atoms with Crippen molar-refractivity contribution in [3.63, 3.8) is 0 Å². The van der Waals surface area contributed by atoms with Crippen LogP contribution < -0.4 is 15.0 Å². The highest BCUT2D eigenvalue weighted by Gasteiger charge is 2.20. The molecule has 176 valence electrons. The van der Waals surface area contributed by atoms with Crippen LogP contribution in [0.25, 0.3) is 0 Å². The zero-order chi connectivity index (χ0) is 22.1. The summed E-state index contributed by atoms with van der Waals surface area (Å²) in [4.78, 5) is 9.66. The van der Waals surface area contributed by atoms with Crippen molar-refractivity contribution in [2.75, 3.05) is 57.0 Å². The number of guanidine groups is 1. The number of piperazine rings is 1. The standard InChI is InChI=1S/C23H32N4O3S.HI/c1-3-24-23(25-14-7-19-31(28,29)22-8-5-4-6-9-22)27-17-15-26(16-18-27)20-10-12-21(30-2)13-11-20;/h4-6,8-13H,3,7,14-19H2,1-2H3,(H,24,25);1H. The van der Waals surface area contributed by atoms with Crippen molar-refractivity contribution in [3.05, 3.63) is 54.6 Å². The van der Waals surface area contributed by atoms with Gasteiger partial charge < -0.3 is 19.9 Å². The van der Waals surface area contributed by atoms with E-state index < -0.39 is 9.84 Å². The Morgan fingerprint density at radius 2 is 1.69 bits per heavy atom. The van der Waals surface area contributed by atoms with Gasteiger partial charge in [0, 0.05) is 45.0 Å². The fourth-order valence-electron chi connectivity index (χ4n) is 3.58. The predicted molar refractivity (Wildman–Crippen MR) is 141 cm³/mol. The lowest BCUT2D eigenvalue weighted by atomic mass is 10.2. The minimum absolute atomic E-state index is 0. The number of anilines is 1. The first-order valence-corrected chi connectivity index (χ1v) is 12.4. The molecule has 1 fully saturated rings. The highest BCUT2D eigenvalue weighted by molar-refractivity contribution is 14.0. The molecule has 1 heterocycles. The van der Waals surface area contributed by atoms with E-state index in [0.29, 0.717) is 17.9 Å². The predicted octanol–water partition coefficient (Wildman–Crippen LogP) is 3.26. The van der Waals surface area contributed by atoms with Gasteiger partial charge in [-0.1, -0.05) is 18.2 Å². The number of nitrogens with zero attached hydrogens (tertiary/aromatic N) is 3. The molecule has 2 aromatic rings. The first-order valence-electron chi connectivity index (χ1n) is 10.7. The molecule has 0 aliphatic carbocycles. The second-order valence-corrected chi connectivity index (χ2v) is 9.50. The lowest BCUT2D eigenvalue weighted by Gasteiger charge is -2.37. The molecule has 0 atom stereocenters. The number of rotatable bonds is 8. The maximum atomic E-state index is 12.4. The second kappa shape index (κ2) is 12.9. The Bertz CT molecular complexity index is 945. The molecule has 3 rings (SSSR count). The van der Waals surface area contributed by atoms with Gasteiger partial charge in [-0.05, 0) is 49.7 Å². The van der Waals surface area contributed by atoms with Crippen LogP contribution in [-0.2, 0) is 9.84 Å². The summed E-state index contributed by atoms with van der Waals surface area (Å²) in [5, 5.41) is 3.34. The van der Waals surface area contributed by atoms with Crippen LogP contribution in [0.3, 0.4) is 0 Å². The quantitative estimate of drug-likeness (QED) is 0.227. The summed E-state index contributed by atoms with van der Waals surface area (Å²) in [5.41, 5.74) is 1.19. The van der Waals surface area contributed by atoms with E-state index >= 15 is 0 Å². The summed E-state index contributed by atoms with van der Waals surface area (Å²) < 4.78 is 30.1. The van der Waals surface area contributed by atoms with Crippen molar-refractivity contribution in [3.8, 4) is 5.75 Å². The van der Waals surface area contributed by atoms with E-state index in [1.807, 2.05) is 25.1 Å². The maximum absolute atomic E-state index is 12.4. The van der Waals surface area contributed by atoms with Crippen LogP contribution in [0.1, 0.15) is 13.3 Å². The Hall–Kier alpha value is -2.01. The van der Waals surface area contributed by atoms with Gasteiger partial charge in [0.25, 0.3) is 0 Å². The van der Waals surface area contributed by atoms with Crippen LogP contribution in [0, 0.1) is 0 Å². The Labute approximate surface area is 208 Å². The van der Waals surface area contributed by atoms with Gasteiger partial charge in [0.2, 0.25) is 0 Å². The molecule has 0 spiro atoms. The number of benzene rings is 2. The summed E-state index contributed by atoms with van der Waals surface area (Å²) in [6, 6.07) is 16.7. The average molecular weight is 573 g/mol. The minimum Gasteiger partial charge on any atom is -0.497 e. The SMILES string of the molecule is CCNC(=NCCCS(=O)(=O)c1ccccc1)N1CCN(c2ccc(OC)cc2)CC1.I. The minimum atomic E-state index is -3.26. The van der Waals surface area contributed by atoms with Crippen molar-refractivity contribution in [1.82, 2.24) is 10.2 Å². The third-order valence-electron chi connectivity index (χ3n) is 5.29. The van der Waals surface area contributed by atoms with E-state index in [1.165, 1.54) is 5.69 Å². The van der Waals surface area contributed by atoms with Crippen molar-refractivity contribution in [2.45, 2.75) is 18.2 Å². The lowest BCUT2D eigenvalue weighted by molar-refractivity contribution is 0.372. The zero-order valence-electron chi connectivity index (χ0n) is 18.7. The molecule has 1 N–H and O–H groups in total. The van der Waals surface area contributed by atoms with Crippen LogP contribution in [-0.4, -0.2) is 71.4 Å². The largest absolute Gasteiger partial charge is 0.497 e. The van der Waals surface area contributed by atoms with E-state index in [4.69, 9.17) is 4.74 Å². The van der Waals surface area contributed by atoms with Gasteiger partial charge in [-0.3, -0.25) is 4.99 Å². The summed E-state index contributed by atoms with van der Waals surface area (Å²) in [6.45, 7) is 6.83. The van der Waals surface area contributed by atoms with Crippen LogP contribution in [0.2, 0.25) is 0 Å². The highest BCUT2D eigenvalue weighted by Crippen LogP contribution is 2.20. The van der Waals surface area contributed by atoms with E-state index in [1.54, 1.807) is 31.4 Å². The van der Waals surface area contributed by atoms with E-state index in [2.05, 4.69) is 32.2 Å². The monoisotopic (exact) mass is 572 g/mol. The van der Waals surface area contributed by atoms with Crippen molar-refractivity contribution in [2.24, 2.45) is 4.99 Å². The number of ether oxygens (including phenoxy) is 1. The number of hydrogen-bond acceptors (Lipinski definition) is 5. The fourth-order valence-corrected chi connectivity index (χ4v) is 4.90. The molecule has 0 unspecified atom stereocenters. The lowest BCUT2D eigenvalue weighted by Crippen LogP contribution is -2.52. The topological polar surface area (TPSA) is 74.2 Å². The molecule has 1 saturated heterocycles. The Kier molecular flexibility index (Phi) is 10.6. The van der Waals surface area contributed by atoms with Crippen LogP contribution in [0.15, 0.2) is 64.5 Å². The van der Waals surface area contributed by atoms with E-state index in [9.17, 15) is 8.42 Å². The van der Waals surface area contributed by atoms with Gasteiger partial charge >= 0.3 is 0 Å². The summed E-state index contributed by atoms with van der Waals surface area (Å²) in [7, 11) is -1.58. The Morgan fingerprint density at radius 3 is 2.28 bits per heavy atom. The molecule has 32 heavy (non-hydrogen) atoms. The number of halogens is 1. The molecular formula is C23H33IN4O3S. The molecule has 0 bridgehead atoms. The number of aliphatic imine (C=N–C) groups is 1. The molecule has 0 aromatic heterocycles. The summed E-state index contributed by atoms with van der Waals surface area (Å²) in [6.07, 6.45) is 0.498. The molecule has 1 aliphatic rings. The maximum Gasteiger partial charge on any atom is 0.194 e. The third-order valence-corrected chi connectivity index (χ3v) is 7.10. The third kappa shape index (κ3) is 7.26. The van der Waals surface area contributed by atoms with Crippen molar-refractivity contribution >= 4 is 45.5 Å². The molecule has 7 nitrogen and oxygen atoms in total. The number of sulfone groups is 1. The second-order valence-electron chi connectivity index (χ2n) is 7.39. The van der Waals surface area contributed by atoms with E-state index in [0.717, 1.165) is 44.4 Å². The van der Waals surface area contributed by atoms with Gasteiger partial charge in [-0.15, -0.1) is 24.0 Å². The number of nitrogens with one attached hydrogen (secondary N) is 1. The first-order chi connectivity index (χ1) is 15.0. The van der Waals surface area contributed by atoms with Gasteiger partial charge in [0.05, 0.1) is 17.8 Å². The van der Waals surface area contributed by atoms with Gasteiger partial charge in [0.1, 0.15) is 5.75 Å². The van der Waals surface area contributed by atoms with Crippen LogP contribution in [0.5, 0.6) is 5.75 Å². The zero-order valence-corrected chi connectivity index (χ0v) is 21.9. The van der Waals surface area contributed by atoms with Crippen molar-refractivity contribution in [1.29, 1.82) is 0 Å². The average Bonchev–Trinajstić information content (AvgIpc) is 2.82. The van der Waals surface area contributed by atoms with Gasteiger partial charge in [-0.25, -0.2) is 8.42 Å². The van der Waals surface area contributed by atoms with Crippen LogP contribution in [0.4, 0.5) is 5.69 Å². The molecule has 0 saturated carbocycles. The van der Waals surface area contributed by atoms with E-state index in [-0.39, 0.29) is 29.7 Å². The fraction of sp³-hybridized carbons (Fsp3) is 0.435. The molecule has 1 aliphatic heterocycles. The summed E-state index contributed by atoms with van der Waals surface area (Å²) >= 11 is 0. The number of methoxy groups -OCH3 is 1. The van der Waals surface area contributed by atoms with Crippen molar-refractivity contribution < 1.29 is 13.2 Å². The molecule has 9 heteroatoms. The normalized spacial score (nSPS) is 14.6. The smallest absolute Gasteiger partial charge is 0.194 e.